The Hall–Kier alpha value is -0.0800. The first-order chi connectivity index (χ1) is 7.03. The molecular formula is C6H2Cl3FO4S2. The van der Waals surface area contributed by atoms with Gasteiger partial charge in [-0.05, 0) is 12.1 Å². The summed E-state index contributed by atoms with van der Waals surface area (Å²) in [6.45, 7) is 0. The molecule has 90 valence electrons. The van der Waals surface area contributed by atoms with Crippen LogP contribution in [0.4, 0.5) is 4.39 Å². The van der Waals surface area contributed by atoms with Gasteiger partial charge in [-0.2, -0.15) is 0 Å². The number of rotatable bonds is 2. The first-order valence-electron chi connectivity index (χ1n) is 3.42. The molecular weight excluding hydrogens is 326 g/mol. The molecule has 0 N–H and O–H groups in total. The van der Waals surface area contributed by atoms with Crippen LogP contribution in [0.2, 0.25) is 5.02 Å². The maximum atomic E-state index is 13.1. The largest absolute Gasteiger partial charge is 0.264 e. The summed E-state index contributed by atoms with van der Waals surface area (Å²) in [7, 11) is 1.16. The molecule has 0 spiro atoms. The van der Waals surface area contributed by atoms with Gasteiger partial charge in [0.15, 0.2) is 0 Å². The Morgan fingerprint density at radius 1 is 0.938 bits per heavy atom. The van der Waals surface area contributed by atoms with Crippen molar-refractivity contribution >= 4 is 51.1 Å². The molecule has 1 rings (SSSR count). The molecule has 4 nitrogen and oxygen atoms in total. The van der Waals surface area contributed by atoms with Gasteiger partial charge in [0.1, 0.15) is 15.6 Å². The Labute approximate surface area is 105 Å². The van der Waals surface area contributed by atoms with Crippen molar-refractivity contribution in [3.05, 3.63) is 23.0 Å². The highest BCUT2D eigenvalue weighted by Gasteiger charge is 2.23. The fraction of sp³-hybridized carbons (Fsp3) is 0. The van der Waals surface area contributed by atoms with E-state index in [1.54, 1.807) is 0 Å². The lowest BCUT2D eigenvalue weighted by molar-refractivity contribution is 0.573. The van der Waals surface area contributed by atoms with Crippen LogP contribution in [-0.4, -0.2) is 16.8 Å². The van der Waals surface area contributed by atoms with Crippen LogP contribution in [0.5, 0.6) is 0 Å². The standard InChI is InChI=1S/C6H2Cl3FO4S2/c7-3-1-4(10)6(16(9,13)14)2-5(3)15(8,11)12/h1-2H. The Morgan fingerprint density at radius 3 is 1.75 bits per heavy atom. The molecule has 10 heteroatoms. The van der Waals surface area contributed by atoms with Gasteiger partial charge in [0.2, 0.25) is 0 Å². The second-order valence-electron chi connectivity index (χ2n) is 2.59. The number of hydrogen-bond acceptors (Lipinski definition) is 4. The summed E-state index contributed by atoms with van der Waals surface area (Å²) in [6, 6.07) is 0.967. The van der Waals surface area contributed by atoms with Crippen LogP contribution in [0.3, 0.4) is 0 Å². The average molecular weight is 328 g/mol. The normalized spacial score (nSPS) is 12.8. The number of halogens is 4. The minimum absolute atomic E-state index is 0.461. The predicted molar refractivity (Wildman–Crippen MR) is 57.5 cm³/mol. The van der Waals surface area contributed by atoms with Gasteiger partial charge in [-0.1, -0.05) is 11.6 Å². The minimum atomic E-state index is -4.42. The summed E-state index contributed by atoms with van der Waals surface area (Å²) >= 11 is 5.39. The van der Waals surface area contributed by atoms with Gasteiger partial charge < -0.3 is 0 Å². The van der Waals surface area contributed by atoms with Crippen molar-refractivity contribution in [2.75, 3.05) is 0 Å². The highest BCUT2D eigenvalue weighted by molar-refractivity contribution is 8.14. The van der Waals surface area contributed by atoms with E-state index in [0.717, 1.165) is 0 Å². The zero-order valence-corrected chi connectivity index (χ0v) is 11.0. The monoisotopic (exact) mass is 326 g/mol. The molecule has 0 atom stereocenters. The van der Waals surface area contributed by atoms with Crippen molar-refractivity contribution in [2.45, 2.75) is 9.79 Å². The van der Waals surface area contributed by atoms with Crippen molar-refractivity contribution in [2.24, 2.45) is 0 Å². The zero-order valence-electron chi connectivity index (χ0n) is 7.12. The van der Waals surface area contributed by atoms with E-state index in [1.165, 1.54) is 0 Å². The highest BCUT2D eigenvalue weighted by Crippen LogP contribution is 2.30. The van der Waals surface area contributed by atoms with Crippen molar-refractivity contribution in [3.8, 4) is 0 Å². The lowest BCUT2D eigenvalue weighted by Gasteiger charge is -2.03. The van der Waals surface area contributed by atoms with Crippen LogP contribution in [0.25, 0.3) is 0 Å². The number of benzene rings is 1. The maximum Gasteiger partial charge on any atom is 0.264 e. The van der Waals surface area contributed by atoms with Gasteiger partial charge in [-0.25, -0.2) is 21.2 Å². The van der Waals surface area contributed by atoms with E-state index in [2.05, 4.69) is 0 Å². The van der Waals surface area contributed by atoms with Gasteiger partial charge in [0, 0.05) is 21.4 Å². The number of hydrogen-bond donors (Lipinski definition) is 0. The quantitative estimate of drug-likeness (QED) is 0.782. The molecule has 1 aromatic carbocycles. The lowest BCUT2D eigenvalue weighted by Crippen LogP contribution is -2.00. The second kappa shape index (κ2) is 4.30. The Bertz CT molecular complexity index is 585. The maximum absolute atomic E-state index is 13.1. The SMILES string of the molecule is O=S(=O)(Cl)c1cc(S(=O)(=O)Cl)c(Cl)cc1F. The molecule has 0 heterocycles. The van der Waals surface area contributed by atoms with Gasteiger partial charge in [-0.3, -0.25) is 0 Å². The third-order valence-electron chi connectivity index (χ3n) is 1.51. The molecule has 0 saturated carbocycles. The van der Waals surface area contributed by atoms with Crippen molar-refractivity contribution in [1.29, 1.82) is 0 Å². The third-order valence-corrected chi connectivity index (χ3v) is 4.64. The lowest BCUT2D eigenvalue weighted by atomic mass is 10.3. The van der Waals surface area contributed by atoms with Crippen LogP contribution < -0.4 is 0 Å². The molecule has 0 aliphatic rings. The highest BCUT2D eigenvalue weighted by atomic mass is 35.7. The van der Waals surface area contributed by atoms with Gasteiger partial charge in [-0.15, -0.1) is 0 Å². The van der Waals surface area contributed by atoms with E-state index in [0.29, 0.717) is 12.1 Å². The minimum Gasteiger partial charge on any atom is -0.207 e. The molecule has 16 heavy (non-hydrogen) atoms. The van der Waals surface area contributed by atoms with Crippen molar-refractivity contribution < 1.29 is 21.2 Å². The molecule has 0 amide bonds. The molecule has 0 unspecified atom stereocenters. The zero-order chi connectivity index (χ0) is 12.7. The molecule has 0 bridgehead atoms. The molecule has 0 radical (unpaired) electrons. The first kappa shape index (κ1) is 14.0. The van der Waals surface area contributed by atoms with Crippen LogP contribution in [0.15, 0.2) is 21.9 Å². The van der Waals surface area contributed by atoms with E-state index in [1.807, 2.05) is 0 Å². The van der Waals surface area contributed by atoms with Crippen LogP contribution in [-0.2, 0) is 18.1 Å². The fourth-order valence-electron chi connectivity index (χ4n) is 0.884. The summed E-state index contributed by atoms with van der Waals surface area (Å²) in [5, 5.41) is -0.531. The molecule has 0 fully saturated rings. The molecule has 0 aliphatic carbocycles. The van der Waals surface area contributed by atoms with Crippen molar-refractivity contribution in [3.63, 3.8) is 0 Å². The first-order valence-corrected chi connectivity index (χ1v) is 8.41. The molecule has 0 aliphatic heterocycles. The van der Waals surface area contributed by atoms with E-state index >= 15 is 0 Å². The summed E-state index contributed by atoms with van der Waals surface area (Å²) in [4.78, 5) is -1.73. The molecule has 0 saturated heterocycles. The Balaban J connectivity index is 3.72. The fourth-order valence-corrected chi connectivity index (χ4v) is 3.37. The molecule has 1 aromatic rings. The second-order valence-corrected chi connectivity index (χ2v) is 8.06. The smallest absolute Gasteiger partial charge is 0.207 e. The van der Waals surface area contributed by atoms with Gasteiger partial charge in [0.25, 0.3) is 18.1 Å². The van der Waals surface area contributed by atoms with Crippen molar-refractivity contribution in [1.82, 2.24) is 0 Å². The van der Waals surface area contributed by atoms with Gasteiger partial charge in [0.05, 0.1) is 5.02 Å². The third kappa shape index (κ3) is 2.98. The predicted octanol–water partition coefficient (Wildman–Crippen LogP) is 2.33. The van der Waals surface area contributed by atoms with E-state index in [9.17, 15) is 21.2 Å². The van der Waals surface area contributed by atoms with E-state index in [-0.39, 0.29) is 0 Å². The average Bonchev–Trinajstić information content (AvgIpc) is 1.97. The van der Waals surface area contributed by atoms with Gasteiger partial charge >= 0.3 is 0 Å². The summed E-state index contributed by atoms with van der Waals surface area (Å²) in [5.41, 5.74) is 0. The summed E-state index contributed by atoms with van der Waals surface area (Å²) in [5.74, 6) is -1.26. The van der Waals surface area contributed by atoms with Crippen LogP contribution >= 0.6 is 33.0 Å². The molecule has 0 aromatic heterocycles. The Morgan fingerprint density at radius 2 is 1.38 bits per heavy atom. The summed E-state index contributed by atoms with van der Waals surface area (Å²) in [6.07, 6.45) is 0. The Kier molecular flexibility index (Phi) is 3.76. The van der Waals surface area contributed by atoms with Crippen LogP contribution in [0.1, 0.15) is 0 Å². The van der Waals surface area contributed by atoms with E-state index in [4.69, 9.17) is 33.0 Å². The topological polar surface area (TPSA) is 68.3 Å². The van der Waals surface area contributed by atoms with Crippen LogP contribution in [0, 0.1) is 5.82 Å². The van der Waals surface area contributed by atoms with E-state index < -0.39 is 38.7 Å². The summed E-state index contributed by atoms with van der Waals surface area (Å²) < 4.78 is 56.8.